The van der Waals surface area contributed by atoms with E-state index in [4.69, 9.17) is 21.8 Å². The van der Waals surface area contributed by atoms with Gasteiger partial charge < -0.3 is 10.2 Å². The molecule has 1 aromatic heterocycles. The molecule has 5 heteroatoms. The van der Waals surface area contributed by atoms with Crippen molar-refractivity contribution in [2.45, 2.75) is 30.0 Å². The Labute approximate surface area is 109 Å². The van der Waals surface area contributed by atoms with E-state index in [9.17, 15) is 0 Å². The van der Waals surface area contributed by atoms with Gasteiger partial charge in [0.25, 0.3) is 5.22 Å². The van der Waals surface area contributed by atoms with Crippen molar-refractivity contribution in [3.63, 3.8) is 0 Å². The van der Waals surface area contributed by atoms with Crippen molar-refractivity contribution in [2.75, 3.05) is 0 Å². The number of oxazole rings is 1. The van der Waals surface area contributed by atoms with E-state index in [2.05, 4.69) is 4.98 Å². The van der Waals surface area contributed by atoms with Gasteiger partial charge in [-0.25, -0.2) is 4.98 Å². The van der Waals surface area contributed by atoms with Crippen molar-refractivity contribution in [1.29, 1.82) is 0 Å². The van der Waals surface area contributed by atoms with E-state index in [1.807, 2.05) is 32.0 Å². The maximum absolute atomic E-state index is 6.15. The number of halogens is 1. The highest BCUT2D eigenvalue weighted by atomic mass is 35.5. The predicted molar refractivity (Wildman–Crippen MR) is 69.4 cm³/mol. The molecule has 90 valence electrons. The molecule has 1 unspecified atom stereocenters. The van der Waals surface area contributed by atoms with E-state index in [0.29, 0.717) is 10.2 Å². The summed E-state index contributed by atoms with van der Waals surface area (Å²) in [5.41, 5.74) is 7.61. The van der Waals surface area contributed by atoms with Crippen LogP contribution in [0.3, 0.4) is 0 Å². The number of nitrogens with two attached hydrogens (primary N) is 1. The van der Waals surface area contributed by atoms with Gasteiger partial charge in [0, 0.05) is 16.0 Å². The highest BCUT2D eigenvalue weighted by molar-refractivity contribution is 7.99. The van der Waals surface area contributed by atoms with Crippen molar-refractivity contribution in [3.05, 3.63) is 40.7 Å². The summed E-state index contributed by atoms with van der Waals surface area (Å²) in [6, 6.07) is 5.72. The third kappa shape index (κ3) is 3.03. The first-order valence-electron chi connectivity index (χ1n) is 5.21. The minimum absolute atomic E-state index is 0.0643. The van der Waals surface area contributed by atoms with Gasteiger partial charge in [0.05, 0.1) is 5.69 Å². The zero-order valence-electron chi connectivity index (χ0n) is 9.61. The van der Waals surface area contributed by atoms with E-state index in [-0.39, 0.29) is 6.04 Å². The topological polar surface area (TPSA) is 52.0 Å². The van der Waals surface area contributed by atoms with E-state index >= 15 is 0 Å². The largest absolute Gasteiger partial charge is 0.439 e. The number of aromatic nitrogens is 1. The molecule has 0 saturated heterocycles. The Bertz CT molecular complexity index is 525. The summed E-state index contributed by atoms with van der Waals surface area (Å²) in [4.78, 5) is 5.21. The highest BCUT2D eigenvalue weighted by Gasteiger charge is 2.08. The Hall–Kier alpha value is -0.970. The van der Waals surface area contributed by atoms with Crippen LogP contribution in [0.4, 0.5) is 0 Å². The van der Waals surface area contributed by atoms with E-state index in [1.165, 1.54) is 11.8 Å². The summed E-state index contributed by atoms with van der Waals surface area (Å²) < 4.78 is 5.27. The third-order valence-corrected chi connectivity index (χ3v) is 3.44. The number of benzene rings is 1. The smallest absolute Gasteiger partial charge is 0.260 e. The van der Waals surface area contributed by atoms with E-state index in [1.54, 1.807) is 6.26 Å². The molecule has 2 aromatic rings. The van der Waals surface area contributed by atoms with Crippen molar-refractivity contribution < 1.29 is 4.42 Å². The average Bonchev–Trinajstić information content (AvgIpc) is 2.63. The van der Waals surface area contributed by atoms with Crippen LogP contribution in [-0.4, -0.2) is 4.98 Å². The molecule has 0 amide bonds. The van der Waals surface area contributed by atoms with Gasteiger partial charge in [-0.3, -0.25) is 0 Å². The van der Waals surface area contributed by atoms with Crippen molar-refractivity contribution >= 4 is 23.4 Å². The molecule has 0 aliphatic heterocycles. The van der Waals surface area contributed by atoms with Crippen LogP contribution in [0, 0.1) is 6.92 Å². The normalized spacial score (nSPS) is 12.7. The molecule has 0 bridgehead atoms. The summed E-state index contributed by atoms with van der Waals surface area (Å²) in [5, 5.41) is 1.29. The highest BCUT2D eigenvalue weighted by Crippen LogP contribution is 2.31. The molecule has 0 saturated carbocycles. The van der Waals surface area contributed by atoms with Gasteiger partial charge in [-0.15, -0.1) is 0 Å². The standard InChI is InChI=1S/C12H13ClN2OS/c1-7-6-16-12(15-7)17-9-3-4-10(8(2)14)11(13)5-9/h3-6,8H,14H2,1-2H3. The molecule has 0 spiro atoms. The number of hydrogen-bond acceptors (Lipinski definition) is 4. The Morgan fingerprint density at radius 2 is 2.24 bits per heavy atom. The molecule has 0 radical (unpaired) electrons. The molecule has 1 atom stereocenters. The van der Waals surface area contributed by atoms with E-state index < -0.39 is 0 Å². The second-order valence-corrected chi connectivity index (χ2v) is 5.26. The first-order valence-corrected chi connectivity index (χ1v) is 6.40. The van der Waals surface area contributed by atoms with Crippen LogP contribution in [0.2, 0.25) is 5.02 Å². The molecule has 0 aliphatic rings. The van der Waals surface area contributed by atoms with Gasteiger partial charge >= 0.3 is 0 Å². The van der Waals surface area contributed by atoms with Crippen molar-refractivity contribution in [2.24, 2.45) is 5.73 Å². The molecule has 17 heavy (non-hydrogen) atoms. The molecule has 2 N–H and O–H groups in total. The van der Waals surface area contributed by atoms with Crippen molar-refractivity contribution in [3.8, 4) is 0 Å². The maximum atomic E-state index is 6.15. The molecule has 1 heterocycles. The Morgan fingerprint density at radius 3 is 2.76 bits per heavy atom. The molecular formula is C12H13ClN2OS. The fourth-order valence-electron chi connectivity index (χ4n) is 1.42. The van der Waals surface area contributed by atoms with Gasteiger partial charge in [-0.05, 0) is 43.3 Å². The lowest BCUT2D eigenvalue weighted by atomic mass is 10.1. The number of nitrogens with zero attached hydrogens (tertiary/aromatic N) is 1. The van der Waals surface area contributed by atoms with Gasteiger partial charge in [-0.1, -0.05) is 17.7 Å². The first-order chi connectivity index (χ1) is 8.06. The predicted octanol–water partition coefficient (Wildman–Crippen LogP) is 3.81. The molecule has 0 aliphatic carbocycles. The van der Waals surface area contributed by atoms with Crippen molar-refractivity contribution in [1.82, 2.24) is 4.98 Å². The second kappa shape index (κ2) is 5.12. The second-order valence-electron chi connectivity index (χ2n) is 3.83. The molecule has 0 fully saturated rings. The quantitative estimate of drug-likeness (QED) is 0.920. The summed E-state index contributed by atoms with van der Waals surface area (Å²) in [5.74, 6) is 0. The number of aryl methyl sites for hydroxylation is 1. The fourth-order valence-corrected chi connectivity index (χ4v) is 2.64. The van der Waals surface area contributed by atoms with Crippen LogP contribution >= 0.6 is 23.4 Å². The van der Waals surface area contributed by atoms with Crippen LogP contribution < -0.4 is 5.73 Å². The van der Waals surface area contributed by atoms with Crippen LogP contribution in [0.5, 0.6) is 0 Å². The van der Waals surface area contributed by atoms with Gasteiger partial charge in [-0.2, -0.15) is 0 Å². The summed E-state index contributed by atoms with van der Waals surface area (Å²) in [6.07, 6.45) is 1.63. The van der Waals surface area contributed by atoms with Gasteiger partial charge in [0.1, 0.15) is 6.26 Å². The lowest BCUT2D eigenvalue weighted by Crippen LogP contribution is -2.05. The Kier molecular flexibility index (Phi) is 3.76. The average molecular weight is 269 g/mol. The maximum Gasteiger partial charge on any atom is 0.260 e. The molecular weight excluding hydrogens is 256 g/mol. The third-order valence-electron chi connectivity index (χ3n) is 2.27. The lowest BCUT2D eigenvalue weighted by Gasteiger charge is -2.08. The zero-order chi connectivity index (χ0) is 12.4. The monoisotopic (exact) mass is 268 g/mol. The molecule has 3 nitrogen and oxygen atoms in total. The van der Waals surface area contributed by atoms with Crippen LogP contribution in [-0.2, 0) is 0 Å². The Balaban J connectivity index is 2.20. The minimum Gasteiger partial charge on any atom is -0.439 e. The summed E-state index contributed by atoms with van der Waals surface area (Å²) >= 11 is 7.59. The molecule has 2 rings (SSSR count). The minimum atomic E-state index is -0.0643. The molecule has 1 aromatic carbocycles. The van der Waals surface area contributed by atoms with Crippen LogP contribution in [0.15, 0.2) is 39.0 Å². The van der Waals surface area contributed by atoms with Gasteiger partial charge in [0.2, 0.25) is 0 Å². The summed E-state index contributed by atoms with van der Waals surface area (Å²) in [6.45, 7) is 3.80. The van der Waals surface area contributed by atoms with Gasteiger partial charge in [0.15, 0.2) is 0 Å². The summed E-state index contributed by atoms with van der Waals surface area (Å²) in [7, 11) is 0. The zero-order valence-corrected chi connectivity index (χ0v) is 11.2. The van der Waals surface area contributed by atoms with Crippen LogP contribution in [0.25, 0.3) is 0 Å². The first kappa shape index (κ1) is 12.5. The lowest BCUT2D eigenvalue weighted by molar-refractivity contribution is 0.454. The fraction of sp³-hybridized carbons (Fsp3) is 0.250. The number of rotatable bonds is 3. The number of hydrogen-bond donors (Lipinski definition) is 1. The van der Waals surface area contributed by atoms with Crippen LogP contribution in [0.1, 0.15) is 24.2 Å². The SMILES string of the molecule is Cc1coc(Sc2ccc(C(C)N)c(Cl)c2)n1. The Morgan fingerprint density at radius 1 is 1.47 bits per heavy atom. The van der Waals surface area contributed by atoms with E-state index in [0.717, 1.165) is 16.2 Å².